The van der Waals surface area contributed by atoms with Gasteiger partial charge in [-0.15, -0.1) is 0 Å². The predicted octanol–water partition coefficient (Wildman–Crippen LogP) is 1.60. The van der Waals surface area contributed by atoms with Crippen LogP contribution >= 0.6 is 0 Å². The van der Waals surface area contributed by atoms with Gasteiger partial charge in [-0.25, -0.2) is 0 Å². The van der Waals surface area contributed by atoms with E-state index in [-0.39, 0.29) is 17.7 Å². The Labute approximate surface area is 95.1 Å². The third kappa shape index (κ3) is 1.92. The van der Waals surface area contributed by atoms with Gasteiger partial charge >= 0.3 is 0 Å². The Morgan fingerprint density at radius 3 is 3.06 bits per heavy atom. The van der Waals surface area contributed by atoms with Gasteiger partial charge in [0.15, 0.2) is 0 Å². The molecule has 2 rings (SSSR count). The molecule has 1 aliphatic carbocycles. The first-order valence-corrected chi connectivity index (χ1v) is 5.47. The van der Waals surface area contributed by atoms with Crippen LogP contribution in [0.2, 0.25) is 0 Å². The van der Waals surface area contributed by atoms with E-state index in [1.165, 1.54) is 5.56 Å². The molecule has 3 heteroatoms. The van der Waals surface area contributed by atoms with Crippen LogP contribution in [0.5, 0.6) is 0 Å². The van der Waals surface area contributed by atoms with Crippen LogP contribution in [0.25, 0.3) is 0 Å². The zero-order valence-electron chi connectivity index (χ0n) is 9.23. The van der Waals surface area contributed by atoms with Crippen LogP contribution in [0.1, 0.15) is 24.0 Å². The molecule has 1 aliphatic rings. The highest BCUT2D eigenvalue weighted by atomic mass is 16.1. The highest BCUT2D eigenvalue weighted by Crippen LogP contribution is 2.34. The third-order valence-corrected chi connectivity index (χ3v) is 2.97. The molecule has 0 saturated heterocycles. The van der Waals surface area contributed by atoms with E-state index < -0.39 is 0 Å². The van der Waals surface area contributed by atoms with Crippen LogP contribution in [0.15, 0.2) is 24.3 Å². The molecule has 1 N–H and O–H groups in total. The summed E-state index contributed by atoms with van der Waals surface area (Å²) in [6, 6.07) is 10.1. The molecule has 0 aromatic heterocycles. The van der Waals surface area contributed by atoms with Gasteiger partial charge in [0.2, 0.25) is 5.91 Å². The zero-order valence-corrected chi connectivity index (χ0v) is 9.23. The van der Waals surface area contributed by atoms with Crippen molar-refractivity contribution in [1.82, 2.24) is 5.32 Å². The van der Waals surface area contributed by atoms with Gasteiger partial charge in [0.05, 0.1) is 17.9 Å². The maximum absolute atomic E-state index is 11.8. The number of amides is 1. The standard InChI is InChI=1S/C13H14N2O/c1-9(7-14)8-15-13(16)12-6-10-4-2-3-5-11(10)12/h2-5,9,12H,6,8H2,1H3,(H,15,16). The second kappa shape index (κ2) is 4.36. The first-order valence-electron chi connectivity index (χ1n) is 5.47. The Morgan fingerprint density at radius 2 is 2.38 bits per heavy atom. The summed E-state index contributed by atoms with van der Waals surface area (Å²) < 4.78 is 0. The summed E-state index contributed by atoms with van der Waals surface area (Å²) in [7, 11) is 0. The highest BCUT2D eigenvalue weighted by Gasteiger charge is 2.31. The average Bonchev–Trinajstić information content (AvgIpc) is 2.27. The van der Waals surface area contributed by atoms with Crippen molar-refractivity contribution in [3.63, 3.8) is 0 Å². The lowest BCUT2D eigenvalue weighted by Gasteiger charge is -2.29. The summed E-state index contributed by atoms with van der Waals surface area (Å²) in [6.45, 7) is 2.24. The first-order chi connectivity index (χ1) is 7.72. The van der Waals surface area contributed by atoms with Crippen molar-refractivity contribution in [1.29, 1.82) is 5.26 Å². The largest absolute Gasteiger partial charge is 0.354 e. The van der Waals surface area contributed by atoms with Crippen LogP contribution in [0, 0.1) is 17.2 Å². The number of fused-ring (bicyclic) bond motifs is 1. The third-order valence-electron chi connectivity index (χ3n) is 2.97. The average molecular weight is 214 g/mol. The molecule has 2 atom stereocenters. The van der Waals surface area contributed by atoms with Crippen molar-refractivity contribution in [2.24, 2.45) is 5.92 Å². The number of rotatable bonds is 3. The summed E-state index contributed by atoms with van der Waals surface area (Å²) >= 11 is 0. The number of carbonyl (C=O) groups is 1. The Bertz CT molecular complexity index is 447. The van der Waals surface area contributed by atoms with Crippen molar-refractivity contribution in [2.45, 2.75) is 19.3 Å². The van der Waals surface area contributed by atoms with Crippen LogP contribution in [0.3, 0.4) is 0 Å². The maximum Gasteiger partial charge on any atom is 0.227 e. The first kappa shape index (κ1) is 10.7. The Kier molecular flexibility index (Phi) is 2.91. The van der Waals surface area contributed by atoms with Gasteiger partial charge in [-0.3, -0.25) is 4.79 Å². The van der Waals surface area contributed by atoms with E-state index in [2.05, 4.69) is 17.5 Å². The lowest BCUT2D eigenvalue weighted by Crippen LogP contribution is -2.37. The van der Waals surface area contributed by atoms with Crippen molar-refractivity contribution >= 4 is 5.91 Å². The van der Waals surface area contributed by atoms with E-state index in [1.54, 1.807) is 6.92 Å². The maximum atomic E-state index is 11.8. The number of nitrogens with zero attached hydrogens (tertiary/aromatic N) is 1. The summed E-state index contributed by atoms with van der Waals surface area (Å²) in [5.41, 5.74) is 2.39. The Hall–Kier alpha value is -1.82. The molecular formula is C13H14N2O. The molecule has 1 amide bonds. The van der Waals surface area contributed by atoms with E-state index >= 15 is 0 Å². The van der Waals surface area contributed by atoms with Gasteiger partial charge < -0.3 is 5.32 Å². The molecule has 3 nitrogen and oxygen atoms in total. The fourth-order valence-corrected chi connectivity index (χ4v) is 1.92. The smallest absolute Gasteiger partial charge is 0.227 e. The molecule has 0 radical (unpaired) electrons. The van der Waals surface area contributed by atoms with E-state index in [0.717, 1.165) is 12.0 Å². The van der Waals surface area contributed by atoms with Gasteiger partial charge in [-0.1, -0.05) is 24.3 Å². The van der Waals surface area contributed by atoms with Crippen LogP contribution < -0.4 is 5.32 Å². The van der Waals surface area contributed by atoms with Crippen LogP contribution in [-0.4, -0.2) is 12.5 Å². The minimum atomic E-state index is -0.126. The van der Waals surface area contributed by atoms with Crippen LogP contribution in [-0.2, 0) is 11.2 Å². The molecule has 1 aromatic rings. The molecule has 0 aliphatic heterocycles. The molecule has 0 bridgehead atoms. The topological polar surface area (TPSA) is 52.9 Å². The van der Waals surface area contributed by atoms with Gasteiger partial charge in [0.25, 0.3) is 0 Å². The minimum Gasteiger partial charge on any atom is -0.354 e. The zero-order chi connectivity index (χ0) is 11.5. The number of nitriles is 1. The molecular weight excluding hydrogens is 200 g/mol. The summed E-state index contributed by atoms with van der Waals surface area (Å²) in [4.78, 5) is 11.8. The summed E-state index contributed by atoms with van der Waals surface area (Å²) in [5, 5.41) is 11.4. The Balaban J connectivity index is 1.93. The highest BCUT2D eigenvalue weighted by molar-refractivity contribution is 5.86. The predicted molar refractivity (Wildman–Crippen MR) is 60.7 cm³/mol. The normalized spacial score (nSPS) is 18.9. The molecule has 1 aromatic carbocycles. The fraction of sp³-hybridized carbons (Fsp3) is 0.385. The molecule has 0 spiro atoms. The number of hydrogen-bond acceptors (Lipinski definition) is 2. The van der Waals surface area contributed by atoms with Gasteiger partial charge in [0, 0.05) is 6.54 Å². The lowest BCUT2D eigenvalue weighted by atomic mass is 9.77. The van der Waals surface area contributed by atoms with Crippen molar-refractivity contribution in [3.8, 4) is 6.07 Å². The second-order valence-electron chi connectivity index (χ2n) is 4.23. The number of nitrogens with one attached hydrogen (secondary N) is 1. The second-order valence-corrected chi connectivity index (χ2v) is 4.23. The lowest BCUT2D eigenvalue weighted by molar-refractivity contribution is -0.123. The van der Waals surface area contributed by atoms with Crippen molar-refractivity contribution in [2.75, 3.05) is 6.54 Å². The number of hydrogen-bond donors (Lipinski definition) is 1. The fourth-order valence-electron chi connectivity index (χ4n) is 1.92. The quantitative estimate of drug-likeness (QED) is 0.831. The van der Waals surface area contributed by atoms with Crippen molar-refractivity contribution in [3.05, 3.63) is 35.4 Å². The Morgan fingerprint density at radius 1 is 1.62 bits per heavy atom. The van der Waals surface area contributed by atoms with E-state index in [4.69, 9.17) is 5.26 Å². The molecule has 16 heavy (non-hydrogen) atoms. The molecule has 0 heterocycles. The van der Waals surface area contributed by atoms with Crippen molar-refractivity contribution < 1.29 is 4.79 Å². The minimum absolute atomic E-state index is 0.0120. The molecule has 0 fully saturated rings. The SMILES string of the molecule is CC(C#N)CNC(=O)C1Cc2ccccc21. The molecule has 2 unspecified atom stereocenters. The summed E-state index contributed by atoms with van der Waals surface area (Å²) in [5.74, 6) is -0.0952. The monoisotopic (exact) mass is 214 g/mol. The van der Waals surface area contributed by atoms with Gasteiger partial charge in [0.1, 0.15) is 0 Å². The number of carbonyl (C=O) groups excluding carboxylic acids is 1. The van der Waals surface area contributed by atoms with Crippen LogP contribution in [0.4, 0.5) is 0 Å². The van der Waals surface area contributed by atoms with E-state index in [9.17, 15) is 4.79 Å². The molecule has 82 valence electrons. The van der Waals surface area contributed by atoms with E-state index in [1.807, 2.05) is 18.2 Å². The molecule has 0 saturated carbocycles. The van der Waals surface area contributed by atoms with Gasteiger partial charge in [-0.05, 0) is 24.5 Å². The summed E-state index contributed by atoms with van der Waals surface area (Å²) in [6.07, 6.45) is 0.822. The number of benzene rings is 1. The van der Waals surface area contributed by atoms with Gasteiger partial charge in [-0.2, -0.15) is 5.26 Å². The van der Waals surface area contributed by atoms with E-state index in [0.29, 0.717) is 6.54 Å².